The predicted octanol–water partition coefficient (Wildman–Crippen LogP) is 7.44. The molecule has 0 aromatic heterocycles. The third kappa shape index (κ3) is 6.16. The molecule has 0 spiro atoms. The molecule has 7 heteroatoms. The second-order valence-electron chi connectivity index (χ2n) is 7.29. The third-order valence-corrected chi connectivity index (χ3v) is 4.86. The first-order valence-corrected chi connectivity index (χ1v) is 10.3. The minimum atomic E-state index is -4.75. The lowest BCUT2D eigenvalue weighted by Gasteiger charge is -2.12. The quantitative estimate of drug-likeness (QED) is 0.254. The molecule has 0 N–H and O–H groups in total. The van der Waals surface area contributed by atoms with E-state index in [0.29, 0.717) is 46.8 Å². The topological polar surface area (TPSA) is 44.8 Å². The Balaban J connectivity index is 1.47. The normalized spacial score (nSPS) is 11.0. The minimum Gasteiger partial charge on any atom is -0.489 e. The third-order valence-electron chi connectivity index (χ3n) is 4.86. The molecule has 0 aliphatic carbocycles. The van der Waals surface area contributed by atoms with Gasteiger partial charge in [0.1, 0.15) is 29.6 Å². The fourth-order valence-corrected chi connectivity index (χ4v) is 3.22. The molecule has 4 aromatic rings. The fraction of sp³-hybridized carbons (Fsp3) is 0.0741. The SMILES string of the molecule is O=Cc1ccc(-c2ccc(OC(F)(F)F)cc2)cc1Oc1ccc(OCc2ccccc2)cc1. The molecule has 172 valence electrons. The summed E-state index contributed by atoms with van der Waals surface area (Å²) in [6.07, 6.45) is -4.08. The average molecular weight is 464 g/mol. The summed E-state index contributed by atoms with van der Waals surface area (Å²) < 4.78 is 52.7. The first-order valence-electron chi connectivity index (χ1n) is 10.3. The van der Waals surface area contributed by atoms with Gasteiger partial charge in [-0.15, -0.1) is 13.2 Å². The van der Waals surface area contributed by atoms with Gasteiger partial charge in [0.15, 0.2) is 6.29 Å². The average Bonchev–Trinajstić information content (AvgIpc) is 2.84. The van der Waals surface area contributed by atoms with Crippen molar-refractivity contribution in [1.29, 1.82) is 0 Å². The van der Waals surface area contributed by atoms with Crippen molar-refractivity contribution in [2.45, 2.75) is 13.0 Å². The second kappa shape index (κ2) is 10.1. The van der Waals surface area contributed by atoms with Gasteiger partial charge in [0.05, 0.1) is 5.56 Å². The van der Waals surface area contributed by atoms with Crippen molar-refractivity contribution >= 4 is 6.29 Å². The first-order chi connectivity index (χ1) is 16.4. The van der Waals surface area contributed by atoms with Gasteiger partial charge in [0.2, 0.25) is 0 Å². The highest BCUT2D eigenvalue weighted by atomic mass is 19.4. The Morgan fingerprint density at radius 3 is 1.97 bits per heavy atom. The van der Waals surface area contributed by atoms with Gasteiger partial charge in [-0.05, 0) is 65.2 Å². The minimum absolute atomic E-state index is 0.313. The number of rotatable bonds is 8. The summed E-state index contributed by atoms with van der Waals surface area (Å²) in [5.41, 5.74) is 2.70. The summed E-state index contributed by atoms with van der Waals surface area (Å²) >= 11 is 0. The van der Waals surface area contributed by atoms with Crippen molar-refractivity contribution in [3.05, 3.63) is 108 Å². The number of benzene rings is 4. The summed E-state index contributed by atoms with van der Waals surface area (Å²) in [5, 5.41) is 0. The van der Waals surface area contributed by atoms with Crippen LogP contribution in [0.15, 0.2) is 97.1 Å². The van der Waals surface area contributed by atoms with Crippen LogP contribution in [0.2, 0.25) is 0 Å². The van der Waals surface area contributed by atoms with Gasteiger partial charge in [-0.3, -0.25) is 4.79 Å². The van der Waals surface area contributed by atoms with Crippen molar-refractivity contribution in [3.63, 3.8) is 0 Å². The summed E-state index contributed by atoms with van der Waals surface area (Å²) in [5.74, 6) is 1.18. The molecule has 0 amide bonds. The Labute approximate surface area is 194 Å². The molecule has 34 heavy (non-hydrogen) atoms. The lowest BCUT2D eigenvalue weighted by atomic mass is 10.0. The van der Waals surface area contributed by atoms with Crippen molar-refractivity contribution in [3.8, 4) is 34.1 Å². The van der Waals surface area contributed by atoms with E-state index in [1.165, 1.54) is 24.3 Å². The van der Waals surface area contributed by atoms with Crippen LogP contribution in [0.25, 0.3) is 11.1 Å². The van der Waals surface area contributed by atoms with E-state index in [-0.39, 0.29) is 5.75 Å². The van der Waals surface area contributed by atoms with Crippen LogP contribution in [-0.2, 0) is 6.61 Å². The number of carbonyl (C=O) groups excluding carboxylic acids is 1. The molecule has 0 heterocycles. The van der Waals surface area contributed by atoms with Crippen LogP contribution in [0.3, 0.4) is 0 Å². The van der Waals surface area contributed by atoms with E-state index in [4.69, 9.17) is 9.47 Å². The van der Waals surface area contributed by atoms with Gasteiger partial charge in [-0.25, -0.2) is 0 Å². The molecule has 0 saturated heterocycles. The molecule has 0 unspecified atom stereocenters. The van der Waals surface area contributed by atoms with Crippen LogP contribution in [0.4, 0.5) is 13.2 Å². The molecule has 0 aliphatic heterocycles. The number of aldehydes is 1. The highest BCUT2D eigenvalue weighted by molar-refractivity contribution is 5.82. The smallest absolute Gasteiger partial charge is 0.489 e. The molecular weight excluding hydrogens is 445 g/mol. The molecule has 0 saturated carbocycles. The Hall–Kier alpha value is -4.26. The molecule has 0 aliphatic rings. The van der Waals surface area contributed by atoms with Gasteiger partial charge in [-0.1, -0.05) is 48.5 Å². The predicted molar refractivity (Wildman–Crippen MR) is 121 cm³/mol. The highest BCUT2D eigenvalue weighted by Crippen LogP contribution is 2.32. The number of ether oxygens (including phenoxy) is 3. The lowest BCUT2D eigenvalue weighted by Crippen LogP contribution is -2.16. The van der Waals surface area contributed by atoms with Crippen molar-refractivity contribution in [2.75, 3.05) is 0 Å². The maximum absolute atomic E-state index is 12.4. The molecule has 0 atom stereocenters. The molecule has 4 aromatic carbocycles. The molecule has 0 fully saturated rings. The largest absolute Gasteiger partial charge is 0.573 e. The summed E-state index contributed by atoms with van der Waals surface area (Å²) in [7, 11) is 0. The standard InChI is InChI=1S/C27H19F3O4/c28-27(29,30)34-25-10-8-20(9-11-25)21-6-7-22(17-31)26(16-21)33-24-14-12-23(13-15-24)32-18-19-4-2-1-3-5-19/h1-17H,18H2. The van der Waals surface area contributed by atoms with Crippen LogP contribution >= 0.6 is 0 Å². The first kappa shape index (κ1) is 22.9. The number of alkyl halides is 3. The zero-order valence-electron chi connectivity index (χ0n) is 17.8. The number of carbonyl (C=O) groups is 1. The Bertz CT molecular complexity index is 1240. The second-order valence-corrected chi connectivity index (χ2v) is 7.29. The Kier molecular flexibility index (Phi) is 6.82. The number of hydrogen-bond acceptors (Lipinski definition) is 4. The summed E-state index contributed by atoms with van der Waals surface area (Å²) in [6, 6.07) is 27.2. The Morgan fingerprint density at radius 2 is 1.32 bits per heavy atom. The zero-order chi connectivity index (χ0) is 24.0. The maximum Gasteiger partial charge on any atom is 0.573 e. The highest BCUT2D eigenvalue weighted by Gasteiger charge is 2.30. The van der Waals surface area contributed by atoms with Crippen molar-refractivity contribution < 1.29 is 32.2 Å². The zero-order valence-corrected chi connectivity index (χ0v) is 17.8. The molecule has 4 nitrogen and oxygen atoms in total. The molecule has 4 rings (SSSR count). The van der Waals surface area contributed by atoms with E-state index in [0.717, 1.165) is 5.56 Å². The van der Waals surface area contributed by atoms with Crippen LogP contribution in [0.1, 0.15) is 15.9 Å². The summed E-state index contributed by atoms with van der Waals surface area (Å²) in [4.78, 5) is 11.5. The van der Waals surface area contributed by atoms with E-state index in [2.05, 4.69) is 4.74 Å². The fourth-order valence-electron chi connectivity index (χ4n) is 3.22. The van der Waals surface area contributed by atoms with Crippen LogP contribution in [0.5, 0.6) is 23.0 Å². The van der Waals surface area contributed by atoms with Crippen LogP contribution in [0, 0.1) is 0 Å². The van der Waals surface area contributed by atoms with Gasteiger partial charge in [-0.2, -0.15) is 0 Å². The van der Waals surface area contributed by atoms with Crippen molar-refractivity contribution in [2.24, 2.45) is 0 Å². The molecular formula is C27H19F3O4. The van der Waals surface area contributed by atoms with E-state index >= 15 is 0 Å². The van der Waals surface area contributed by atoms with Crippen molar-refractivity contribution in [1.82, 2.24) is 0 Å². The van der Waals surface area contributed by atoms with E-state index in [1.54, 1.807) is 42.5 Å². The van der Waals surface area contributed by atoms with Crippen LogP contribution < -0.4 is 14.2 Å². The van der Waals surface area contributed by atoms with Gasteiger partial charge < -0.3 is 14.2 Å². The number of hydrogen-bond donors (Lipinski definition) is 0. The maximum atomic E-state index is 12.4. The monoisotopic (exact) mass is 464 g/mol. The van der Waals surface area contributed by atoms with E-state index in [1.807, 2.05) is 30.3 Å². The molecule has 0 bridgehead atoms. The van der Waals surface area contributed by atoms with E-state index < -0.39 is 6.36 Å². The molecule has 0 radical (unpaired) electrons. The summed E-state index contributed by atoms with van der Waals surface area (Å²) in [6.45, 7) is 0.436. The van der Waals surface area contributed by atoms with E-state index in [9.17, 15) is 18.0 Å². The van der Waals surface area contributed by atoms with Gasteiger partial charge >= 0.3 is 6.36 Å². The Morgan fingerprint density at radius 1 is 0.706 bits per heavy atom. The van der Waals surface area contributed by atoms with Crippen LogP contribution in [-0.4, -0.2) is 12.6 Å². The van der Waals surface area contributed by atoms with Gasteiger partial charge in [0.25, 0.3) is 0 Å². The number of halogens is 3. The van der Waals surface area contributed by atoms with Gasteiger partial charge in [0, 0.05) is 0 Å². The lowest BCUT2D eigenvalue weighted by molar-refractivity contribution is -0.274.